The highest BCUT2D eigenvalue weighted by atomic mass is 35.5. The molecule has 1 fully saturated rings. The first-order valence-electron chi connectivity index (χ1n) is 11.0. The summed E-state index contributed by atoms with van der Waals surface area (Å²) >= 11 is 6.10. The van der Waals surface area contributed by atoms with Gasteiger partial charge in [0.1, 0.15) is 23.3 Å². The third-order valence-electron chi connectivity index (χ3n) is 5.70. The van der Waals surface area contributed by atoms with E-state index in [1.54, 1.807) is 55.5 Å². The molecule has 6 nitrogen and oxygen atoms in total. The van der Waals surface area contributed by atoms with E-state index in [0.29, 0.717) is 45.9 Å². The number of aliphatic hydroxyl groups excluding tert-OH is 1. The molecule has 0 saturated carbocycles. The van der Waals surface area contributed by atoms with Gasteiger partial charge < -0.3 is 14.3 Å². The zero-order chi connectivity index (χ0) is 24.6. The summed E-state index contributed by atoms with van der Waals surface area (Å²) in [6.45, 7) is 8.36. The van der Waals surface area contributed by atoms with Gasteiger partial charge in [-0.15, -0.1) is 0 Å². The van der Waals surface area contributed by atoms with Crippen LogP contribution in [0, 0.1) is 19.8 Å². The average molecular weight is 480 g/mol. The third-order valence-corrected chi connectivity index (χ3v) is 5.93. The monoisotopic (exact) mass is 479 g/mol. The molecule has 7 heteroatoms. The molecule has 2 aromatic carbocycles. The maximum atomic E-state index is 13.2. The lowest BCUT2D eigenvalue weighted by Gasteiger charge is -2.25. The number of aliphatic hydroxyl groups is 1. The lowest BCUT2D eigenvalue weighted by molar-refractivity contribution is -0.132. The highest BCUT2D eigenvalue weighted by Crippen LogP contribution is 2.43. The summed E-state index contributed by atoms with van der Waals surface area (Å²) in [6.07, 6.45) is 1.47. The van der Waals surface area contributed by atoms with Gasteiger partial charge in [-0.1, -0.05) is 25.4 Å². The van der Waals surface area contributed by atoms with E-state index in [1.165, 1.54) is 11.2 Å². The molecule has 1 amide bonds. The second-order valence-electron chi connectivity index (χ2n) is 8.80. The molecule has 0 radical (unpaired) electrons. The fourth-order valence-corrected chi connectivity index (χ4v) is 4.28. The number of carbonyl (C=O) groups excluding carboxylic acids is 2. The average Bonchev–Trinajstić information content (AvgIpc) is 3.40. The highest BCUT2D eigenvalue weighted by molar-refractivity contribution is 6.51. The molecule has 4 rings (SSSR count). The molecule has 1 aromatic heterocycles. The molecule has 0 aliphatic carbocycles. The van der Waals surface area contributed by atoms with Crippen molar-refractivity contribution >= 4 is 34.7 Å². The molecular formula is C27H26ClNO5. The van der Waals surface area contributed by atoms with Crippen LogP contribution in [-0.4, -0.2) is 23.4 Å². The van der Waals surface area contributed by atoms with E-state index in [0.717, 1.165) is 5.56 Å². The number of nitrogens with zero attached hydrogens (tertiary/aromatic N) is 1. The van der Waals surface area contributed by atoms with Crippen molar-refractivity contribution in [3.05, 3.63) is 87.8 Å². The number of Topliss-reactive ketones (excluding diaryl/α,β-unsaturated/α-hetero) is 1. The van der Waals surface area contributed by atoms with Gasteiger partial charge in [0.05, 0.1) is 18.4 Å². The van der Waals surface area contributed by atoms with Crippen LogP contribution < -0.4 is 9.64 Å². The summed E-state index contributed by atoms with van der Waals surface area (Å²) in [5, 5.41) is 11.8. The predicted octanol–water partition coefficient (Wildman–Crippen LogP) is 6.21. The van der Waals surface area contributed by atoms with E-state index in [4.69, 9.17) is 20.8 Å². The van der Waals surface area contributed by atoms with Crippen LogP contribution in [0.25, 0.3) is 5.76 Å². The van der Waals surface area contributed by atoms with Gasteiger partial charge >= 0.3 is 0 Å². The molecule has 1 atom stereocenters. The number of rotatable bonds is 6. The minimum absolute atomic E-state index is 0.0375. The topological polar surface area (TPSA) is 80.0 Å². The standard InChI is InChI=1S/C27H26ClNO5/c1-15(2)14-34-21-10-7-18(12-17(21)4)25(30)23-24(22-6-5-11-33-22)29(27(32)26(23)31)20-9-8-19(28)13-16(20)3/h5-13,15,24,30H,14H2,1-4H3/b25-23-. The van der Waals surface area contributed by atoms with Gasteiger partial charge in [-0.25, -0.2) is 0 Å². The summed E-state index contributed by atoms with van der Waals surface area (Å²) in [6, 6.07) is 12.7. The van der Waals surface area contributed by atoms with Crippen LogP contribution in [0.15, 0.2) is 64.8 Å². The van der Waals surface area contributed by atoms with Crippen LogP contribution in [0.4, 0.5) is 5.69 Å². The fourth-order valence-electron chi connectivity index (χ4n) is 4.06. The maximum absolute atomic E-state index is 13.2. The van der Waals surface area contributed by atoms with Gasteiger partial charge in [-0.2, -0.15) is 0 Å². The fraction of sp³-hybridized carbons (Fsp3) is 0.259. The van der Waals surface area contributed by atoms with Crippen molar-refractivity contribution in [1.29, 1.82) is 0 Å². The zero-order valence-electron chi connectivity index (χ0n) is 19.5. The second-order valence-corrected chi connectivity index (χ2v) is 9.24. The molecule has 1 saturated heterocycles. The molecule has 34 heavy (non-hydrogen) atoms. The Kier molecular flexibility index (Phi) is 6.53. The third kappa shape index (κ3) is 4.33. The lowest BCUT2D eigenvalue weighted by atomic mass is 9.98. The van der Waals surface area contributed by atoms with Gasteiger partial charge in [-0.05, 0) is 79.4 Å². The van der Waals surface area contributed by atoms with Crippen LogP contribution in [-0.2, 0) is 9.59 Å². The molecule has 1 N–H and O–H groups in total. The van der Waals surface area contributed by atoms with Crippen LogP contribution in [0.3, 0.4) is 0 Å². The Bertz CT molecular complexity index is 1280. The van der Waals surface area contributed by atoms with Crippen LogP contribution in [0.5, 0.6) is 5.75 Å². The van der Waals surface area contributed by atoms with E-state index in [2.05, 4.69) is 13.8 Å². The van der Waals surface area contributed by atoms with Gasteiger partial charge in [0.2, 0.25) is 0 Å². The molecule has 2 heterocycles. The normalized spacial score (nSPS) is 17.6. The summed E-state index contributed by atoms with van der Waals surface area (Å²) < 4.78 is 11.4. The Morgan fingerprint density at radius 3 is 2.50 bits per heavy atom. The number of halogens is 1. The highest BCUT2D eigenvalue weighted by Gasteiger charge is 2.48. The van der Waals surface area contributed by atoms with E-state index < -0.39 is 17.7 Å². The van der Waals surface area contributed by atoms with Crippen LogP contribution >= 0.6 is 11.6 Å². The van der Waals surface area contributed by atoms with Gasteiger partial charge in [-0.3, -0.25) is 14.5 Å². The quantitative estimate of drug-likeness (QED) is 0.258. The van der Waals surface area contributed by atoms with Gasteiger partial charge in [0.25, 0.3) is 11.7 Å². The van der Waals surface area contributed by atoms with Crippen molar-refractivity contribution in [2.75, 3.05) is 11.5 Å². The number of furan rings is 1. The minimum Gasteiger partial charge on any atom is -0.507 e. The van der Waals surface area contributed by atoms with E-state index >= 15 is 0 Å². The molecule has 0 spiro atoms. The second kappa shape index (κ2) is 9.39. The molecule has 3 aromatic rings. The Morgan fingerprint density at radius 1 is 1.12 bits per heavy atom. The van der Waals surface area contributed by atoms with Crippen molar-refractivity contribution < 1.29 is 23.8 Å². The van der Waals surface area contributed by atoms with Crippen molar-refractivity contribution in [2.45, 2.75) is 33.7 Å². The van der Waals surface area contributed by atoms with Gasteiger partial charge in [0.15, 0.2) is 0 Å². The Hall–Kier alpha value is -3.51. The molecule has 176 valence electrons. The largest absolute Gasteiger partial charge is 0.507 e. The number of hydrogen-bond acceptors (Lipinski definition) is 5. The number of carbonyl (C=O) groups is 2. The zero-order valence-corrected chi connectivity index (χ0v) is 20.2. The van der Waals surface area contributed by atoms with E-state index in [1.807, 2.05) is 6.92 Å². The van der Waals surface area contributed by atoms with Crippen molar-refractivity contribution in [2.24, 2.45) is 5.92 Å². The summed E-state index contributed by atoms with van der Waals surface area (Å²) in [4.78, 5) is 27.8. The molecule has 0 bridgehead atoms. The number of ketones is 1. The van der Waals surface area contributed by atoms with Crippen molar-refractivity contribution in [3.8, 4) is 5.75 Å². The van der Waals surface area contributed by atoms with Crippen LogP contribution in [0.1, 0.15) is 42.3 Å². The summed E-state index contributed by atoms with van der Waals surface area (Å²) in [5.41, 5.74) is 2.41. The molecule has 1 unspecified atom stereocenters. The number of anilines is 1. The molecule has 1 aliphatic heterocycles. The Balaban J connectivity index is 1.83. The number of hydrogen-bond donors (Lipinski definition) is 1. The smallest absolute Gasteiger partial charge is 0.300 e. The van der Waals surface area contributed by atoms with E-state index in [9.17, 15) is 14.7 Å². The first-order valence-corrected chi connectivity index (χ1v) is 11.4. The Labute approximate surface area is 203 Å². The summed E-state index contributed by atoms with van der Waals surface area (Å²) in [7, 11) is 0. The maximum Gasteiger partial charge on any atom is 0.300 e. The number of ether oxygens (including phenoxy) is 1. The number of benzene rings is 2. The summed E-state index contributed by atoms with van der Waals surface area (Å²) in [5.74, 6) is -0.373. The lowest BCUT2D eigenvalue weighted by Crippen LogP contribution is -2.29. The SMILES string of the molecule is Cc1cc(/C(O)=C2/C(=O)C(=O)N(c3ccc(Cl)cc3C)C2c2ccco2)ccc1OCC(C)C. The van der Waals surface area contributed by atoms with Gasteiger partial charge in [0, 0.05) is 16.3 Å². The van der Waals surface area contributed by atoms with E-state index in [-0.39, 0.29) is 11.3 Å². The van der Waals surface area contributed by atoms with Crippen LogP contribution in [0.2, 0.25) is 5.02 Å². The van der Waals surface area contributed by atoms with Crippen molar-refractivity contribution in [3.63, 3.8) is 0 Å². The Morgan fingerprint density at radius 2 is 1.88 bits per heavy atom. The first-order chi connectivity index (χ1) is 16.2. The van der Waals surface area contributed by atoms with Crippen molar-refractivity contribution in [1.82, 2.24) is 0 Å². The predicted molar refractivity (Wildman–Crippen MR) is 131 cm³/mol. The number of aryl methyl sites for hydroxylation is 2. The first kappa shape index (κ1) is 23.6. The molecular weight excluding hydrogens is 454 g/mol. The minimum atomic E-state index is -0.924. The number of amides is 1. The molecule has 1 aliphatic rings.